The van der Waals surface area contributed by atoms with E-state index in [4.69, 9.17) is 21.3 Å². The molecule has 194 valence electrons. The van der Waals surface area contributed by atoms with Gasteiger partial charge in [0.25, 0.3) is 5.91 Å². The average Bonchev–Trinajstić information content (AvgIpc) is 3.36. The molecule has 11 heteroatoms. The highest BCUT2D eigenvalue weighted by atomic mass is 35.5. The molecule has 0 N–H and O–H groups in total. The first-order valence-corrected chi connectivity index (χ1v) is 14.7. The molecule has 36 heavy (non-hydrogen) atoms. The van der Waals surface area contributed by atoms with Crippen LogP contribution in [-0.4, -0.2) is 74.9 Å². The van der Waals surface area contributed by atoms with Crippen molar-refractivity contribution in [1.29, 1.82) is 0 Å². The number of sulfonamides is 1. The fraction of sp³-hybridized carbons (Fsp3) is 0.440. The van der Waals surface area contributed by atoms with Gasteiger partial charge in [-0.2, -0.15) is 4.31 Å². The number of anilines is 1. The molecule has 1 saturated heterocycles. The summed E-state index contributed by atoms with van der Waals surface area (Å²) in [6, 6.07) is 9.90. The summed E-state index contributed by atoms with van der Waals surface area (Å²) in [7, 11) is -1.96. The largest absolute Gasteiger partial charge is 0.494 e. The molecule has 0 atom stereocenters. The molecule has 1 aliphatic rings. The minimum absolute atomic E-state index is 0.106. The number of nitrogens with zero attached hydrogens (tertiary/aromatic N) is 4. The van der Waals surface area contributed by atoms with Crippen molar-refractivity contribution in [3.05, 3.63) is 47.0 Å². The van der Waals surface area contributed by atoms with Gasteiger partial charge in [0.05, 0.1) is 21.7 Å². The molecule has 4 rings (SSSR count). The molecule has 2 aromatic carbocycles. The van der Waals surface area contributed by atoms with Crippen LogP contribution in [0, 0.1) is 0 Å². The summed E-state index contributed by atoms with van der Waals surface area (Å²) >= 11 is 7.88. The molecule has 1 aromatic heterocycles. The van der Waals surface area contributed by atoms with Crippen LogP contribution in [0.4, 0.5) is 5.13 Å². The fourth-order valence-corrected chi connectivity index (χ4v) is 7.02. The lowest BCUT2D eigenvalue weighted by Gasteiger charge is -2.34. The Balaban J connectivity index is 1.42. The summed E-state index contributed by atoms with van der Waals surface area (Å²) in [5, 5.41) is 1.49. The van der Waals surface area contributed by atoms with Crippen molar-refractivity contribution in [2.24, 2.45) is 0 Å². The molecule has 0 saturated carbocycles. The van der Waals surface area contributed by atoms with E-state index >= 15 is 0 Å². The van der Waals surface area contributed by atoms with Crippen LogP contribution in [0.3, 0.4) is 0 Å². The van der Waals surface area contributed by atoms with E-state index in [0.29, 0.717) is 55.6 Å². The number of benzene rings is 2. The molecule has 2 heterocycles. The Morgan fingerprint density at radius 3 is 2.42 bits per heavy atom. The maximum atomic E-state index is 13.1. The number of piperazine rings is 1. The van der Waals surface area contributed by atoms with E-state index < -0.39 is 10.0 Å². The highest BCUT2D eigenvalue weighted by Gasteiger charge is 2.26. The molecule has 0 unspecified atom stereocenters. The van der Waals surface area contributed by atoms with Gasteiger partial charge in [0.1, 0.15) is 11.3 Å². The number of aromatic nitrogens is 1. The summed E-state index contributed by atoms with van der Waals surface area (Å²) < 4.78 is 33.7. The zero-order valence-corrected chi connectivity index (χ0v) is 23.1. The van der Waals surface area contributed by atoms with Gasteiger partial charge in [0.15, 0.2) is 5.13 Å². The van der Waals surface area contributed by atoms with Crippen LogP contribution in [0.5, 0.6) is 5.75 Å². The third-order valence-electron chi connectivity index (χ3n) is 6.36. The van der Waals surface area contributed by atoms with Crippen molar-refractivity contribution in [2.45, 2.75) is 31.6 Å². The number of methoxy groups -OCH3 is 1. The highest BCUT2D eigenvalue weighted by Crippen LogP contribution is 2.38. The lowest BCUT2D eigenvalue weighted by Crippen LogP contribution is -2.48. The monoisotopic (exact) mass is 550 g/mol. The lowest BCUT2D eigenvalue weighted by molar-refractivity contribution is 0.0746. The molecule has 0 bridgehead atoms. The molecule has 1 fully saturated rings. The number of unbranched alkanes of at least 4 members (excludes halogenated alkanes) is 1. The van der Waals surface area contributed by atoms with Crippen molar-refractivity contribution in [1.82, 2.24) is 14.2 Å². The number of ether oxygens (including phenoxy) is 1. The zero-order chi connectivity index (χ0) is 25.9. The summed E-state index contributed by atoms with van der Waals surface area (Å²) in [5.41, 5.74) is 1.23. The van der Waals surface area contributed by atoms with E-state index in [9.17, 15) is 13.2 Å². The Hall–Kier alpha value is -2.40. The van der Waals surface area contributed by atoms with E-state index in [0.717, 1.165) is 28.2 Å². The van der Waals surface area contributed by atoms with Crippen LogP contribution in [0.1, 0.15) is 37.0 Å². The molecular weight excluding hydrogens is 520 g/mol. The summed E-state index contributed by atoms with van der Waals surface area (Å²) in [6.45, 7) is 7.15. The normalized spacial score (nSPS) is 14.6. The van der Waals surface area contributed by atoms with E-state index in [-0.39, 0.29) is 10.8 Å². The van der Waals surface area contributed by atoms with Gasteiger partial charge < -0.3 is 14.5 Å². The number of halogens is 1. The van der Waals surface area contributed by atoms with Gasteiger partial charge in [-0.15, -0.1) is 0 Å². The number of amides is 1. The predicted octanol–water partition coefficient (Wildman–Crippen LogP) is 4.73. The second kappa shape index (κ2) is 11.3. The number of hydrogen-bond donors (Lipinski definition) is 0. The first kappa shape index (κ1) is 26.7. The summed E-state index contributed by atoms with van der Waals surface area (Å²) in [6.07, 6.45) is 1.74. The van der Waals surface area contributed by atoms with Crippen molar-refractivity contribution >= 4 is 54.2 Å². The van der Waals surface area contributed by atoms with Crippen LogP contribution in [0.15, 0.2) is 41.3 Å². The molecule has 0 spiro atoms. The van der Waals surface area contributed by atoms with Crippen LogP contribution in [0.25, 0.3) is 10.2 Å². The number of carbonyl (C=O) groups excluding carboxylic acids is 1. The summed E-state index contributed by atoms with van der Waals surface area (Å²) in [5.74, 6) is 0.578. The minimum Gasteiger partial charge on any atom is -0.494 e. The number of thiazole rings is 1. The lowest BCUT2D eigenvalue weighted by atomic mass is 10.2. The molecule has 8 nitrogen and oxygen atoms in total. The smallest absolute Gasteiger partial charge is 0.253 e. The van der Waals surface area contributed by atoms with Crippen LogP contribution >= 0.6 is 22.9 Å². The number of hydrogen-bond acceptors (Lipinski definition) is 7. The van der Waals surface area contributed by atoms with Crippen LogP contribution in [0.2, 0.25) is 5.02 Å². The second-order valence-electron chi connectivity index (χ2n) is 8.58. The molecule has 0 radical (unpaired) electrons. The molecule has 1 amide bonds. The third-order valence-corrected chi connectivity index (χ3v) is 9.92. The second-order valence-corrected chi connectivity index (χ2v) is 11.9. The molecule has 1 aliphatic heterocycles. The highest BCUT2D eigenvalue weighted by molar-refractivity contribution is 7.89. The molecule has 0 aliphatic carbocycles. The Morgan fingerprint density at radius 2 is 1.81 bits per heavy atom. The predicted molar refractivity (Wildman–Crippen MR) is 145 cm³/mol. The molecular formula is C25H31ClN4O4S2. The van der Waals surface area contributed by atoms with Gasteiger partial charge >= 0.3 is 0 Å². The Bertz CT molecular complexity index is 1320. The number of fused-ring (bicyclic) bond motifs is 1. The SMILES string of the molecule is CCCCN(CC)S(=O)(=O)c1ccc(C(=O)N2CCN(c3nc4c(OC)ccc(Cl)c4s3)CC2)cc1. The number of rotatable bonds is 9. The van der Waals surface area contributed by atoms with Gasteiger partial charge in [0, 0.05) is 44.8 Å². The van der Waals surface area contributed by atoms with E-state index in [1.807, 2.05) is 26.0 Å². The minimum atomic E-state index is -3.57. The van der Waals surface area contributed by atoms with Gasteiger partial charge in [-0.25, -0.2) is 13.4 Å². The van der Waals surface area contributed by atoms with E-state index in [1.54, 1.807) is 24.1 Å². The van der Waals surface area contributed by atoms with Gasteiger partial charge in [-0.05, 0) is 42.8 Å². The van der Waals surface area contributed by atoms with Crippen LogP contribution in [-0.2, 0) is 10.0 Å². The van der Waals surface area contributed by atoms with E-state index in [1.165, 1.54) is 27.8 Å². The average molecular weight is 551 g/mol. The molecule has 3 aromatic rings. The first-order valence-electron chi connectivity index (χ1n) is 12.1. The maximum Gasteiger partial charge on any atom is 0.253 e. The fourth-order valence-electron chi connectivity index (χ4n) is 4.23. The number of carbonyl (C=O) groups is 1. The van der Waals surface area contributed by atoms with Gasteiger partial charge in [0.2, 0.25) is 10.0 Å². The van der Waals surface area contributed by atoms with Crippen LogP contribution < -0.4 is 9.64 Å². The van der Waals surface area contributed by atoms with Gasteiger partial charge in [-0.1, -0.05) is 43.2 Å². The first-order chi connectivity index (χ1) is 17.3. The van der Waals surface area contributed by atoms with Gasteiger partial charge in [-0.3, -0.25) is 4.79 Å². The Kier molecular flexibility index (Phi) is 8.39. The topological polar surface area (TPSA) is 83.1 Å². The Morgan fingerprint density at radius 1 is 1.11 bits per heavy atom. The maximum absolute atomic E-state index is 13.1. The quantitative estimate of drug-likeness (QED) is 0.383. The standard InChI is InChI=1S/C25H31ClN4O4S2/c1-4-6-13-30(5-2)36(32,33)19-9-7-18(8-10-19)24(31)28-14-16-29(17-15-28)25-27-22-21(34-3)12-11-20(26)23(22)35-25/h7-12H,4-6,13-17H2,1-3H3. The third kappa shape index (κ3) is 5.32. The van der Waals surface area contributed by atoms with Crippen molar-refractivity contribution in [3.8, 4) is 5.75 Å². The summed E-state index contributed by atoms with van der Waals surface area (Å²) in [4.78, 5) is 22.0. The zero-order valence-electron chi connectivity index (χ0n) is 20.7. The van der Waals surface area contributed by atoms with Crippen molar-refractivity contribution in [2.75, 3.05) is 51.3 Å². The van der Waals surface area contributed by atoms with Crippen molar-refractivity contribution < 1.29 is 17.9 Å². The van der Waals surface area contributed by atoms with Crippen molar-refractivity contribution in [3.63, 3.8) is 0 Å². The Labute approximate surface area is 221 Å². The van der Waals surface area contributed by atoms with E-state index in [2.05, 4.69) is 4.90 Å².